The van der Waals surface area contributed by atoms with Crippen molar-refractivity contribution in [1.29, 1.82) is 0 Å². The van der Waals surface area contributed by atoms with E-state index in [9.17, 15) is 14.4 Å². The number of imide groups is 1. The van der Waals surface area contributed by atoms with Gasteiger partial charge < -0.3 is 0 Å². The maximum atomic E-state index is 14.6. The molecule has 0 spiro atoms. The van der Waals surface area contributed by atoms with Crippen LogP contribution >= 0.6 is 15.9 Å². The fourth-order valence-electron chi connectivity index (χ4n) is 7.23. The molecule has 1 aliphatic heterocycles. The number of ketones is 1. The number of halogens is 1. The molecule has 3 aromatic rings. The summed E-state index contributed by atoms with van der Waals surface area (Å²) in [5.41, 5.74) is 2.09. The molecular weight excluding hydrogens is 514 g/mol. The van der Waals surface area contributed by atoms with Crippen LogP contribution in [0.5, 0.6) is 0 Å². The van der Waals surface area contributed by atoms with Crippen LogP contribution in [0.4, 0.5) is 5.69 Å². The molecule has 3 aliphatic rings. The normalized spacial score (nSPS) is 28.9. The van der Waals surface area contributed by atoms with Gasteiger partial charge in [-0.25, -0.2) is 4.90 Å². The summed E-state index contributed by atoms with van der Waals surface area (Å²) in [6, 6.07) is 27.1. The van der Waals surface area contributed by atoms with E-state index in [0.717, 1.165) is 33.2 Å². The molecule has 2 fully saturated rings. The molecule has 2 bridgehead atoms. The summed E-state index contributed by atoms with van der Waals surface area (Å²) in [5, 5.41) is 0. The van der Waals surface area contributed by atoms with E-state index >= 15 is 0 Å². The zero-order chi connectivity index (χ0) is 25.2. The third kappa shape index (κ3) is 2.78. The molecule has 5 heteroatoms. The van der Waals surface area contributed by atoms with Crippen LogP contribution in [0.25, 0.3) is 11.1 Å². The number of carbonyl (C=O) groups is 3. The van der Waals surface area contributed by atoms with Crippen molar-refractivity contribution < 1.29 is 14.4 Å². The number of rotatable bonds is 5. The molecule has 4 atom stereocenters. The van der Waals surface area contributed by atoms with E-state index in [0.29, 0.717) is 12.1 Å². The van der Waals surface area contributed by atoms with Crippen LogP contribution in [0.15, 0.2) is 89.4 Å². The second-order valence-electron chi connectivity index (χ2n) is 10.2. The molecule has 2 amide bonds. The highest BCUT2D eigenvalue weighted by atomic mass is 79.9. The zero-order valence-corrected chi connectivity index (χ0v) is 21.8. The first kappa shape index (κ1) is 23.1. The summed E-state index contributed by atoms with van der Waals surface area (Å²) in [5.74, 6) is -1.98. The molecule has 3 aromatic carbocycles. The standard InChI is InChI=1S/C31H26BrNO3/c1-3-17-31-24(20-13-8-5-9-14-20)23(19-11-6-4-7-12-19)30(2,29(31)36)25-26(31)28(35)33(27(25)34)22-16-10-15-21(32)18-22/h4-16,18,25-26H,3,17H2,1-2H3/t25-,26+,30+,31-/m1/s1. The van der Waals surface area contributed by atoms with Crippen LogP contribution in [0.2, 0.25) is 0 Å². The number of hydrogen-bond donors (Lipinski definition) is 0. The van der Waals surface area contributed by atoms with Gasteiger partial charge in [-0.05, 0) is 53.8 Å². The summed E-state index contributed by atoms with van der Waals surface area (Å²) in [6.07, 6.45) is 1.25. The Balaban J connectivity index is 1.66. The first-order chi connectivity index (χ1) is 17.4. The molecule has 1 heterocycles. The first-order valence-corrected chi connectivity index (χ1v) is 13.2. The van der Waals surface area contributed by atoms with Crippen molar-refractivity contribution in [2.24, 2.45) is 22.7 Å². The van der Waals surface area contributed by atoms with E-state index in [1.165, 1.54) is 4.90 Å². The van der Waals surface area contributed by atoms with Gasteiger partial charge in [0.05, 0.1) is 28.4 Å². The quantitative estimate of drug-likeness (QED) is 0.345. The third-order valence-corrected chi connectivity index (χ3v) is 8.88. The number of benzene rings is 3. The summed E-state index contributed by atoms with van der Waals surface area (Å²) in [6.45, 7) is 3.95. The van der Waals surface area contributed by atoms with Crippen molar-refractivity contribution in [3.8, 4) is 0 Å². The van der Waals surface area contributed by atoms with Crippen LogP contribution in [-0.4, -0.2) is 17.6 Å². The van der Waals surface area contributed by atoms with E-state index < -0.39 is 22.7 Å². The van der Waals surface area contributed by atoms with Crippen molar-refractivity contribution >= 4 is 50.4 Å². The van der Waals surface area contributed by atoms with E-state index in [1.54, 1.807) is 12.1 Å². The fraction of sp³-hybridized carbons (Fsp3) is 0.258. The van der Waals surface area contributed by atoms with E-state index in [-0.39, 0.29) is 17.6 Å². The van der Waals surface area contributed by atoms with Gasteiger partial charge in [0.2, 0.25) is 11.8 Å². The number of anilines is 1. The summed E-state index contributed by atoms with van der Waals surface area (Å²) in [7, 11) is 0. The van der Waals surface area contributed by atoms with Gasteiger partial charge in [-0.1, -0.05) is 96.0 Å². The SMILES string of the molecule is CCC[C@@]12C(=O)[C@@](C)(C(c3ccccc3)=C1c1ccccc1)[C@H]1C(=O)N(c3cccc(Br)c3)C(=O)[C@H]12. The van der Waals surface area contributed by atoms with E-state index in [4.69, 9.17) is 0 Å². The van der Waals surface area contributed by atoms with Crippen LogP contribution < -0.4 is 4.90 Å². The number of hydrogen-bond acceptors (Lipinski definition) is 3. The fourth-order valence-corrected chi connectivity index (χ4v) is 7.62. The van der Waals surface area contributed by atoms with Gasteiger partial charge in [0.15, 0.2) is 5.78 Å². The van der Waals surface area contributed by atoms with Crippen LogP contribution in [-0.2, 0) is 14.4 Å². The zero-order valence-electron chi connectivity index (χ0n) is 20.2. The molecule has 1 saturated heterocycles. The lowest BCUT2D eigenvalue weighted by molar-refractivity contribution is -0.134. The van der Waals surface area contributed by atoms with Crippen molar-refractivity contribution in [3.63, 3.8) is 0 Å². The van der Waals surface area contributed by atoms with E-state index in [1.807, 2.05) is 86.6 Å². The molecule has 180 valence electrons. The Morgan fingerprint density at radius 3 is 1.94 bits per heavy atom. The molecule has 6 rings (SSSR count). The van der Waals surface area contributed by atoms with Gasteiger partial charge in [0.25, 0.3) is 0 Å². The van der Waals surface area contributed by atoms with Gasteiger partial charge in [-0.3, -0.25) is 14.4 Å². The van der Waals surface area contributed by atoms with Gasteiger partial charge >= 0.3 is 0 Å². The van der Waals surface area contributed by atoms with E-state index in [2.05, 4.69) is 15.9 Å². The minimum atomic E-state index is -1.10. The first-order valence-electron chi connectivity index (χ1n) is 12.4. The molecule has 0 unspecified atom stereocenters. The Morgan fingerprint density at radius 2 is 1.36 bits per heavy atom. The largest absolute Gasteiger partial charge is 0.298 e. The highest BCUT2D eigenvalue weighted by Gasteiger charge is 2.80. The second-order valence-corrected chi connectivity index (χ2v) is 11.1. The highest BCUT2D eigenvalue weighted by Crippen LogP contribution is 2.75. The molecule has 2 aliphatic carbocycles. The van der Waals surface area contributed by atoms with Crippen molar-refractivity contribution in [1.82, 2.24) is 0 Å². The maximum Gasteiger partial charge on any atom is 0.239 e. The van der Waals surface area contributed by atoms with Gasteiger partial charge in [0, 0.05) is 4.47 Å². The number of fused-ring (bicyclic) bond motifs is 5. The molecule has 36 heavy (non-hydrogen) atoms. The Kier molecular flexibility index (Phi) is 5.20. The van der Waals surface area contributed by atoms with Crippen LogP contribution in [0.1, 0.15) is 37.8 Å². The van der Waals surface area contributed by atoms with Crippen molar-refractivity contribution in [2.45, 2.75) is 26.7 Å². The average molecular weight is 540 g/mol. The summed E-state index contributed by atoms with van der Waals surface area (Å²) >= 11 is 3.47. The molecule has 0 radical (unpaired) electrons. The lowest BCUT2D eigenvalue weighted by Crippen LogP contribution is -2.41. The highest BCUT2D eigenvalue weighted by molar-refractivity contribution is 9.10. The summed E-state index contributed by atoms with van der Waals surface area (Å²) < 4.78 is 0.791. The molecule has 0 N–H and O–H groups in total. The maximum absolute atomic E-state index is 14.6. The lowest BCUT2D eigenvalue weighted by atomic mass is 9.61. The molecule has 4 nitrogen and oxygen atoms in total. The van der Waals surface area contributed by atoms with Gasteiger partial charge in [0.1, 0.15) is 0 Å². The van der Waals surface area contributed by atoms with Gasteiger partial charge in [-0.2, -0.15) is 0 Å². The number of amides is 2. The van der Waals surface area contributed by atoms with Crippen molar-refractivity contribution in [3.05, 3.63) is 101 Å². The number of nitrogens with zero attached hydrogens (tertiary/aromatic N) is 1. The topological polar surface area (TPSA) is 54.5 Å². The predicted octanol–water partition coefficient (Wildman–Crippen LogP) is 6.55. The Hall–Kier alpha value is -3.31. The minimum absolute atomic E-state index is 0.0140. The predicted molar refractivity (Wildman–Crippen MR) is 144 cm³/mol. The molecule has 0 aromatic heterocycles. The Morgan fingerprint density at radius 1 is 0.778 bits per heavy atom. The average Bonchev–Trinajstić information content (AvgIpc) is 3.35. The second kappa shape index (κ2) is 8.10. The Labute approximate surface area is 219 Å². The smallest absolute Gasteiger partial charge is 0.239 e. The third-order valence-electron chi connectivity index (χ3n) is 8.39. The van der Waals surface area contributed by atoms with Gasteiger partial charge in [-0.15, -0.1) is 0 Å². The number of allylic oxidation sites excluding steroid dienone is 2. The molecular formula is C31H26BrNO3. The minimum Gasteiger partial charge on any atom is -0.298 e. The molecule has 1 saturated carbocycles. The Bertz CT molecular complexity index is 1450. The monoisotopic (exact) mass is 539 g/mol. The number of Topliss-reactive ketones (excluding diaryl/α,β-unsaturated/α-hetero) is 1. The number of carbonyl (C=O) groups excluding carboxylic acids is 3. The van der Waals surface area contributed by atoms with Crippen LogP contribution in [0, 0.1) is 22.7 Å². The van der Waals surface area contributed by atoms with Crippen molar-refractivity contribution in [2.75, 3.05) is 4.90 Å². The van der Waals surface area contributed by atoms with Crippen LogP contribution in [0.3, 0.4) is 0 Å². The summed E-state index contributed by atoms with van der Waals surface area (Å²) in [4.78, 5) is 44.3. The lowest BCUT2D eigenvalue weighted by Gasteiger charge is -2.37.